The van der Waals surface area contributed by atoms with Crippen molar-refractivity contribution in [1.82, 2.24) is 4.98 Å². The van der Waals surface area contributed by atoms with E-state index in [4.69, 9.17) is 9.15 Å². The van der Waals surface area contributed by atoms with Crippen LogP contribution in [-0.2, 0) is 12.8 Å². The Labute approximate surface area is 191 Å². The first-order chi connectivity index (χ1) is 15.9. The molecule has 3 aromatic rings. The Hall–Kier alpha value is -3.35. The van der Waals surface area contributed by atoms with Crippen molar-refractivity contribution in [3.8, 4) is 28.7 Å². The van der Waals surface area contributed by atoms with E-state index >= 15 is 0 Å². The Balaban J connectivity index is 1.28. The minimum absolute atomic E-state index is 0.0104. The third-order valence-electron chi connectivity index (χ3n) is 5.92. The van der Waals surface area contributed by atoms with Gasteiger partial charge in [0.05, 0.1) is 12.3 Å². The lowest BCUT2D eigenvalue weighted by molar-refractivity contribution is -0.286. The molecule has 0 spiro atoms. The number of aromatic nitrogens is 1. The molecule has 0 atom stereocenters. The van der Waals surface area contributed by atoms with Gasteiger partial charge in [-0.05, 0) is 61.6 Å². The number of oxazole rings is 1. The average Bonchev–Trinajstić information content (AvgIpc) is 3.31. The molecule has 5 rings (SSSR count). The number of alkyl halides is 2. The van der Waals surface area contributed by atoms with E-state index in [0.29, 0.717) is 30.2 Å². The fraction of sp³-hybridized carbons (Fsp3) is 0.346. The van der Waals surface area contributed by atoms with Crippen molar-refractivity contribution in [3.05, 3.63) is 65.1 Å². The van der Waals surface area contributed by atoms with Gasteiger partial charge in [0.2, 0.25) is 5.89 Å². The molecule has 2 aromatic carbocycles. The van der Waals surface area contributed by atoms with E-state index in [1.54, 1.807) is 6.07 Å². The lowest BCUT2D eigenvalue weighted by Gasteiger charge is -2.20. The molecule has 0 bridgehead atoms. The van der Waals surface area contributed by atoms with Crippen LogP contribution >= 0.6 is 0 Å². The minimum Gasteiger partial charge on any atom is -0.493 e. The van der Waals surface area contributed by atoms with Crippen molar-refractivity contribution in [3.63, 3.8) is 0 Å². The Kier molecular flexibility index (Phi) is 5.56. The molecule has 5 nitrogen and oxygen atoms in total. The summed E-state index contributed by atoms with van der Waals surface area (Å²) in [5, 5.41) is 0. The highest BCUT2D eigenvalue weighted by Gasteiger charge is 2.43. The average molecular weight is 453 g/mol. The molecule has 0 saturated heterocycles. The van der Waals surface area contributed by atoms with Crippen LogP contribution in [0.5, 0.6) is 17.2 Å². The third-order valence-corrected chi connectivity index (χ3v) is 5.92. The largest absolute Gasteiger partial charge is 0.586 e. The molecule has 0 radical (unpaired) electrons. The molecule has 172 valence electrons. The lowest BCUT2D eigenvalue weighted by atomic mass is 9.88. The number of allylic oxidation sites excluding steroid dienone is 2. The second-order valence-electron chi connectivity index (χ2n) is 8.25. The predicted molar refractivity (Wildman–Crippen MR) is 120 cm³/mol. The van der Waals surface area contributed by atoms with E-state index in [1.807, 2.05) is 19.1 Å². The summed E-state index contributed by atoms with van der Waals surface area (Å²) < 4.78 is 47.5. The molecule has 33 heavy (non-hydrogen) atoms. The van der Waals surface area contributed by atoms with E-state index in [0.717, 1.165) is 37.1 Å². The zero-order valence-corrected chi connectivity index (χ0v) is 18.6. The summed E-state index contributed by atoms with van der Waals surface area (Å²) in [7, 11) is 0. The first-order valence-corrected chi connectivity index (χ1v) is 11.2. The minimum atomic E-state index is -3.65. The second kappa shape index (κ2) is 8.54. The first kappa shape index (κ1) is 21.5. The summed E-state index contributed by atoms with van der Waals surface area (Å²) >= 11 is 0. The zero-order chi connectivity index (χ0) is 23.0. The summed E-state index contributed by atoms with van der Waals surface area (Å²) in [4.78, 5) is 4.56. The predicted octanol–water partition coefficient (Wildman–Crippen LogP) is 6.72. The van der Waals surface area contributed by atoms with E-state index < -0.39 is 6.29 Å². The zero-order valence-electron chi connectivity index (χ0n) is 18.6. The molecule has 1 aliphatic carbocycles. The van der Waals surface area contributed by atoms with Crippen LogP contribution in [0.15, 0.2) is 46.9 Å². The van der Waals surface area contributed by atoms with Gasteiger partial charge in [-0.15, -0.1) is 8.78 Å². The second-order valence-corrected chi connectivity index (χ2v) is 8.25. The molecule has 7 heteroatoms. The Morgan fingerprint density at radius 2 is 1.94 bits per heavy atom. The monoisotopic (exact) mass is 453 g/mol. The van der Waals surface area contributed by atoms with E-state index in [-0.39, 0.29) is 11.5 Å². The SMILES string of the molecule is CCCC1=CCCc2c(OCCc3nc(-c4ccc5c(c4)OC(F)(F)O5)oc3C)cccc21. The maximum atomic E-state index is 13.3. The van der Waals surface area contributed by atoms with Crippen molar-refractivity contribution in [2.45, 2.75) is 52.2 Å². The Morgan fingerprint density at radius 3 is 2.79 bits per heavy atom. The summed E-state index contributed by atoms with van der Waals surface area (Å²) in [5.74, 6) is 1.88. The number of ether oxygens (including phenoxy) is 3. The summed E-state index contributed by atoms with van der Waals surface area (Å²) in [6.07, 6.45) is 3.47. The molecule has 1 aliphatic heterocycles. The number of hydrogen-bond donors (Lipinski definition) is 0. The van der Waals surface area contributed by atoms with E-state index in [2.05, 4.69) is 33.5 Å². The fourth-order valence-electron chi connectivity index (χ4n) is 4.39. The highest BCUT2D eigenvalue weighted by molar-refractivity contribution is 5.72. The van der Waals surface area contributed by atoms with Crippen LogP contribution in [-0.4, -0.2) is 17.9 Å². The number of benzene rings is 2. The van der Waals surface area contributed by atoms with Gasteiger partial charge >= 0.3 is 6.29 Å². The van der Waals surface area contributed by atoms with Crippen LogP contribution in [0.1, 0.15) is 48.8 Å². The van der Waals surface area contributed by atoms with Gasteiger partial charge in [-0.3, -0.25) is 0 Å². The van der Waals surface area contributed by atoms with Gasteiger partial charge in [-0.1, -0.05) is 31.6 Å². The summed E-state index contributed by atoms with van der Waals surface area (Å²) in [5.41, 5.74) is 5.29. The van der Waals surface area contributed by atoms with Gasteiger partial charge in [-0.25, -0.2) is 4.98 Å². The number of fused-ring (bicyclic) bond motifs is 2. The van der Waals surface area contributed by atoms with Crippen molar-refractivity contribution in [2.24, 2.45) is 0 Å². The van der Waals surface area contributed by atoms with E-state index in [9.17, 15) is 8.78 Å². The maximum absolute atomic E-state index is 13.3. The number of halogens is 2. The third kappa shape index (κ3) is 4.32. The Bertz CT molecular complexity index is 1210. The standard InChI is InChI=1S/C26H25F2NO4/c1-3-6-17-7-4-9-20-19(17)8-5-10-22(20)30-14-13-21-16(2)31-25(29-21)18-11-12-23-24(15-18)33-26(27,28)32-23/h5,7-8,10-12,15H,3-4,6,9,13-14H2,1-2H3. The van der Waals surface area contributed by atoms with Crippen molar-refractivity contribution in [1.29, 1.82) is 0 Å². The van der Waals surface area contributed by atoms with Crippen LogP contribution in [0.4, 0.5) is 8.78 Å². The highest BCUT2D eigenvalue weighted by Crippen LogP contribution is 2.43. The number of rotatable bonds is 7. The van der Waals surface area contributed by atoms with Crippen LogP contribution < -0.4 is 14.2 Å². The molecule has 2 aliphatic rings. The molecule has 0 amide bonds. The van der Waals surface area contributed by atoms with Gasteiger partial charge in [-0.2, -0.15) is 0 Å². The molecule has 1 aromatic heterocycles. The topological polar surface area (TPSA) is 53.7 Å². The quantitative estimate of drug-likeness (QED) is 0.397. The smallest absolute Gasteiger partial charge is 0.493 e. The lowest BCUT2D eigenvalue weighted by Crippen LogP contribution is -2.25. The van der Waals surface area contributed by atoms with Crippen molar-refractivity contribution < 1.29 is 27.4 Å². The molecular formula is C26H25F2NO4. The maximum Gasteiger partial charge on any atom is 0.586 e. The van der Waals surface area contributed by atoms with Crippen LogP contribution in [0.2, 0.25) is 0 Å². The number of hydrogen-bond acceptors (Lipinski definition) is 5. The van der Waals surface area contributed by atoms with Crippen LogP contribution in [0.3, 0.4) is 0 Å². The molecule has 0 saturated carbocycles. The summed E-state index contributed by atoms with van der Waals surface area (Å²) in [6, 6.07) is 10.7. The Morgan fingerprint density at radius 1 is 1.09 bits per heavy atom. The number of nitrogens with zero attached hydrogens (tertiary/aromatic N) is 1. The van der Waals surface area contributed by atoms with Crippen molar-refractivity contribution >= 4 is 5.57 Å². The summed E-state index contributed by atoms with van der Waals surface area (Å²) in [6.45, 7) is 4.49. The first-order valence-electron chi connectivity index (χ1n) is 11.2. The molecule has 0 unspecified atom stereocenters. The molecule has 0 fully saturated rings. The van der Waals surface area contributed by atoms with Gasteiger partial charge in [0.1, 0.15) is 11.5 Å². The van der Waals surface area contributed by atoms with Gasteiger partial charge in [0.15, 0.2) is 11.5 Å². The highest BCUT2D eigenvalue weighted by atomic mass is 19.3. The van der Waals surface area contributed by atoms with E-state index in [1.165, 1.54) is 28.8 Å². The van der Waals surface area contributed by atoms with Crippen LogP contribution in [0, 0.1) is 6.92 Å². The van der Waals surface area contributed by atoms with Gasteiger partial charge < -0.3 is 18.6 Å². The molecular weight excluding hydrogens is 428 g/mol. The van der Waals surface area contributed by atoms with Gasteiger partial charge in [0, 0.05) is 17.5 Å². The number of aryl methyl sites for hydroxylation is 1. The molecule has 0 N–H and O–H groups in total. The fourth-order valence-corrected chi connectivity index (χ4v) is 4.39. The molecule has 2 heterocycles. The van der Waals surface area contributed by atoms with Gasteiger partial charge in [0.25, 0.3) is 0 Å². The van der Waals surface area contributed by atoms with Crippen molar-refractivity contribution in [2.75, 3.05) is 6.61 Å². The van der Waals surface area contributed by atoms with Crippen LogP contribution in [0.25, 0.3) is 17.0 Å². The normalized spacial score (nSPS) is 15.8.